The summed E-state index contributed by atoms with van der Waals surface area (Å²) in [5, 5.41) is 0. The average Bonchev–Trinajstić information content (AvgIpc) is 3.33. The Bertz CT molecular complexity index is 1020. The van der Waals surface area contributed by atoms with Crippen LogP contribution in [0, 0.1) is 0 Å². The summed E-state index contributed by atoms with van der Waals surface area (Å²) >= 11 is 3.22. The Labute approximate surface area is 210 Å². The zero-order valence-corrected chi connectivity index (χ0v) is 21.7. The summed E-state index contributed by atoms with van der Waals surface area (Å²) in [5.41, 5.74) is 2.90. The molecule has 0 spiro atoms. The second kappa shape index (κ2) is 12.8. The van der Waals surface area contributed by atoms with Crippen molar-refractivity contribution in [2.24, 2.45) is 0 Å². The van der Waals surface area contributed by atoms with E-state index in [1.807, 2.05) is 69.3 Å². The normalized spacial score (nSPS) is 13.0. The number of hydrogen-bond acceptors (Lipinski definition) is 7. The van der Waals surface area contributed by atoms with Gasteiger partial charge in [-0.15, -0.1) is 23.5 Å². The van der Waals surface area contributed by atoms with Gasteiger partial charge in [-0.2, -0.15) is 0 Å². The van der Waals surface area contributed by atoms with Crippen molar-refractivity contribution in [3.8, 4) is 11.5 Å². The molecule has 3 rings (SSSR count). The molecule has 0 radical (unpaired) electrons. The third kappa shape index (κ3) is 6.51. The van der Waals surface area contributed by atoms with Crippen LogP contribution in [0.3, 0.4) is 0 Å². The lowest BCUT2D eigenvalue weighted by molar-refractivity contribution is -0.136. The predicted octanol–water partition coefficient (Wildman–Crippen LogP) is 5.27. The third-order valence-corrected chi connectivity index (χ3v) is 7.87. The van der Waals surface area contributed by atoms with Crippen molar-refractivity contribution in [1.82, 2.24) is 4.90 Å². The first kappa shape index (κ1) is 26.0. The summed E-state index contributed by atoms with van der Waals surface area (Å²) < 4.78 is 15.8. The lowest BCUT2D eigenvalue weighted by atomic mass is 10.0. The van der Waals surface area contributed by atoms with Crippen LogP contribution in [0.5, 0.6) is 11.5 Å². The second-order valence-corrected chi connectivity index (χ2v) is 10.6. The van der Waals surface area contributed by atoms with Crippen molar-refractivity contribution in [3.05, 3.63) is 70.9 Å². The Hall–Kier alpha value is -2.58. The number of nitrogens with zero attached hydrogens (tertiary/aromatic N) is 1. The van der Waals surface area contributed by atoms with Gasteiger partial charge in [0.1, 0.15) is 4.58 Å². The number of carbonyl (C=O) groups excluding carboxylic acids is 2. The summed E-state index contributed by atoms with van der Waals surface area (Å²) in [6, 6.07) is 15.4. The topological polar surface area (TPSA) is 65.1 Å². The molecule has 0 bridgehead atoms. The fraction of sp³-hybridized carbons (Fsp3) is 0.385. The monoisotopic (exact) mass is 501 g/mol. The number of benzene rings is 2. The first-order valence-corrected chi connectivity index (χ1v) is 13.3. The van der Waals surface area contributed by atoms with Gasteiger partial charge in [0.05, 0.1) is 19.2 Å². The number of rotatable bonds is 11. The van der Waals surface area contributed by atoms with Gasteiger partial charge in [-0.3, -0.25) is 4.79 Å². The number of ether oxygens (including phenoxy) is 3. The molecule has 0 fully saturated rings. The summed E-state index contributed by atoms with van der Waals surface area (Å²) in [5.74, 6) is 2.51. The minimum absolute atomic E-state index is 0.0212. The van der Waals surface area contributed by atoms with Gasteiger partial charge >= 0.3 is 5.97 Å². The van der Waals surface area contributed by atoms with Crippen molar-refractivity contribution in [3.63, 3.8) is 0 Å². The molecule has 1 heterocycles. The van der Waals surface area contributed by atoms with Crippen molar-refractivity contribution in [1.29, 1.82) is 0 Å². The second-order valence-electron chi connectivity index (χ2n) is 7.57. The maximum Gasteiger partial charge on any atom is 0.335 e. The highest BCUT2D eigenvalue weighted by atomic mass is 32.2. The van der Waals surface area contributed by atoms with Crippen LogP contribution in [0.25, 0.3) is 0 Å². The molecule has 6 nitrogen and oxygen atoms in total. The number of esters is 1. The van der Waals surface area contributed by atoms with E-state index in [9.17, 15) is 9.59 Å². The maximum absolute atomic E-state index is 13.8. The average molecular weight is 502 g/mol. The quantitative estimate of drug-likeness (QED) is 0.236. The van der Waals surface area contributed by atoms with Gasteiger partial charge in [-0.1, -0.05) is 50.2 Å². The fourth-order valence-corrected chi connectivity index (χ4v) is 5.98. The molecule has 0 saturated heterocycles. The SMILES string of the molecule is CCSC(SCC)C(=O)N(Cc1ccccc1)/C(C)=C(/Cc1ccc2c(c1)OCO2)C(=O)OC. The van der Waals surface area contributed by atoms with Crippen LogP contribution < -0.4 is 9.47 Å². The Kier molecular flexibility index (Phi) is 9.77. The molecule has 0 atom stereocenters. The number of fused-ring (bicyclic) bond motifs is 1. The summed E-state index contributed by atoms with van der Waals surface area (Å²) in [6.45, 7) is 6.47. The molecule has 34 heavy (non-hydrogen) atoms. The van der Waals surface area contributed by atoms with Crippen LogP contribution in [-0.2, 0) is 27.3 Å². The van der Waals surface area contributed by atoms with E-state index in [2.05, 4.69) is 0 Å². The molecule has 2 aromatic rings. The van der Waals surface area contributed by atoms with E-state index in [1.165, 1.54) is 7.11 Å². The van der Waals surface area contributed by atoms with Crippen LogP contribution in [-0.4, -0.2) is 46.8 Å². The van der Waals surface area contributed by atoms with E-state index in [4.69, 9.17) is 14.2 Å². The zero-order valence-electron chi connectivity index (χ0n) is 20.0. The van der Waals surface area contributed by atoms with Crippen LogP contribution in [0.2, 0.25) is 0 Å². The first-order valence-electron chi connectivity index (χ1n) is 11.2. The molecule has 0 N–H and O–H groups in total. The summed E-state index contributed by atoms with van der Waals surface area (Å²) in [4.78, 5) is 28.4. The van der Waals surface area contributed by atoms with E-state index in [-0.39, 0.29) is 17.3 Å². The molecule has 1 aliphatic rings. The van der Waals surface area contributed by atoms with Crippen LogP contribution >= 0.6 is 23.5 Å². The Balaban J connectivity index is 2.01. The molecule has 0 saturated carbocycles. The van der Waals surface area contributed by atoms with Crippen molar-refractivity contribution in [2.45, 2.75) is 38.3 Å². The summed E-state index contributed by atoms with van der Waals surface area (Å²) in [7, 11) is 1.36. The highest BCUT2D eigenvalue weighted by Gasteiger charge is 2.29. The number of hydrogen-bond donors (Lipinski definition) is 0. The fourth-order valence-electron chi connectivity index (χ4n) is 3.64. The molecule has 0 aliphatic carbocycles. The van der Waals surface area contributed by atoms with Crippen LogP contribution in [0.4, 0.5) is 0 Å². The van der Waals surface area contributed by atoms with E-state index in [0.717, 1.165) is 22.6 Å². The van der Waals surface area contributed by atoms with E-state index >= 15 is 0 Å². The number of carbonyl (C=O) groups is 2. The standard InChI is InChI=1S/C26H31NO5S2/c1-5-33-26(34-6-2)24(28)27(16-19-10-8-7-9-11-19)18(3)21(25(29)30-4)14-20-12-13-22-23(15-20)32-17-31-22/h7-13,15,26H,5-6,14,16-17H2,1-4H3/b21-18-. The minimum Gasteiger partial charge on any atom is -0.466 e. The molecular formula is C26H31NO5S2. The predicted molar refractivity (Wildman–Crippen MR) is 138 cm³/mol. The van der Waals surface area contributed by atoms with Gasteiger partial charge in [0.25, 0.3) is 0 Å². The molecule has 8 heteroatoms. The molecule has 0 aromatic heterocycles. The highest BCUT2D eigenvalue weighted by molar-refractivity contribution is 8.18. The number of methoxy groups -OCH3 is 1. The number of thioether (sulfide) groups is 2. The van der Waals surface area contributed by atoms with E-state index in [1.54, 1.807) is 28.4 Å². The van der Waals surface area contributed by atoms with Gasteiger partial charge in [-0.05, 0) is 41.7 Å². The van der Waals surface area contributed by atoms with Crippen molar-refractivity contribution >= 4 is 35.4 Å². The van der Waals surface area contributed by atoms with Gasteiger partial charge in [-0.25, -0.2) is 4.79 Å². The Morgan fingerprint density at radius 2 is 1.68 bits per heavy atom. The summed E-state index contributed by atoms with van der Waals surface area (Å²) in [6.07, 6.45) is 0.306. The maximum atomic E-state index is 13.8. The Morgan fingerprint density at radius 3 is 2.32 bits per heavy atom. The molecule has 0 unspecified atom stereocenters. The third-order valence-electron chi connectivity index (χ3n) is 5.38. The largest absolute Gasteiger partial charge is 0.466 e. The van der Waals surface area contributed by atoms with Gasteiger partial charge in [0, 0.05) is 12.1 Å². The smallest absolute Gasteiger partial charge is 0.335 e. The van der Waals surface area contributed by atoms with E-state index in [0.29, 0.717) is 35.7 Å². The zero-order chi connectivity index (χ0) is 24.5. The first-order chi connectivity index (χ1) is 16.5. The lowest BCUT2D eigenvalue weighted by Gasteiger charge is -2.29. The number of allylic oxidation sites excluding steroid dienone is 1. The molecule has 2 aromatic carbocycles. The Morgan fingerprint density at radius 1 is 1.00 bits per heavy atom. The van der Waals surface area contributed by atoms with Gasteiger partial charge in [0.2, 0.25) is 12.7 Å². The molecule has 1 amide bonds. The van der Waals surface area contributed by atoms with Crippen LogP contribution in [0.15, 0.2) is 59.8 Å². The molecular weight excluding hydrogens is 470 g/mol. The lowest BCUT2D eigenvalue weighted by Crippen LogP contribution is -2.36. The highest BCUT2D eigenvalue weighted by Crippen LogP contribution is 2.34. The minimum atomic E-state index is -0.455. The van der Waals surface area contributed by atoms with Gasteiger partial charge in [0.15, 0.2) is 11.5 Å². The van der Waals surface area contributed by atoms with Gasteiger partial charge < -0.3 is 19.1 Å². The van der Waals surface area contributed by atoms with Crippen molar-refractivity contribution in [2.75, 3.05) is 25.4 Å². The van der Waals surface area contributed by atoms with Crippen molar-refractivity contribution < 1.29 is 23.8 Å². The van der Waals surface area contributed by atoms with E-state index < -0.39 is 5.97 Å². The van der Waals surface area contributed by atoms with Crippen LogP contribution in [0.1, 0.15) is 31.9 Å². The molecule has 182 valence electrons. The number of amides is 1. The molecule has 1 aliphatic heterocycles.